The highest BCUT2D eigenvalue weighted by Gasteiger charge is 2.16. The molecule has 0 spiro atoms. The molecule has 4 nitrogen and oxygen atoms in total. The second kappa shape index (κ2) is 8.13. The van der Waals surface area contributed by atoms with Crippen molar-refractivity contribution in [3.63, 3.8) is 0 Å². The minimum absolute atomic E-state index is 0.144. The summed E-state index contributed by atoms with van der Waals surface area (Å²) >= 11 is 0. The van der Waals surface area contributed by atoms with Crippen LogP contribution < -0.4 is 5.32 Å². The number of para-hydroxylation sites is 1. The van der Waals surface area contributed by atoms with Crippen molar-refractivity contribution in [1.82, 2.24) is 4.90 Å². The molecule has 0 aliphatic heterocycles. The number of benzene rings is 2. The maximum absolute atomic E-state index is 12.3. The van der Waals surface area contributed by atoms with Crippen molar-refractivity contribution in [2.45, 2.75) is 26.8 Å². The van der Waals surface area contributed by atoms with Gasteiger partial charge in [-0.1, -0.05) is 48.5 Å². The second-order valence-electron chi connectivity index (χ2n) is 5.43. The largest absolute Gasteiger partial charge is 0.338 e. The standard InChI is InChI=1S/C19H22N2O2/c1-3-21(14-16-10-5-4-6-11-16)19(23)13-18(22)20-17-12-8-7-9-15(17)2/h4-12H,3,13-14H2,1-2H3,(H,20,22). The topological polar surface area (TPSA) is 49.4 Å². The Hall–Kier alpha value is -2.62. The molecular weight excluding hydrogens is 288 g/mol. The molecule has 2 aromatic rings. The number of aryl methyl sites for hydroxylation is 1. The molecule has 0 radical (unpaired) electrons. The molecule has 120 valence electrons. The fourth-order valence-corrected chi connectivity index (χ4v) is 2.34. The molecule has 23 heavy (non-hydrogen) atoms. The van der Waals surface area contributed by atoms with Crippen LogP contribution in [0.3, 0.4) is 0 Å². The van der Waals surface area contributed by atoms with Crippen LogP contribution in [0.4, 0.5) is 5.69 Å². The van der Waals surface area contributed by atoms with Gasteiger partial charge in [0.1, 0.15) is 6.42 Å². The third kappa shape index (κ3) is 4.95. The SMILES string of the molecule is CCN(Cc1ccccc1)C(=O)CC(=O)Nc1ccccc1C. The summed E-state index contributed by atoms with van der Waals surface area (Å²) in [5.74, 6) is -0.446. The summed E-state index contributed by atoms with van der Waals surface area (Å²) < 4.78 is 0. The molecule has 0 fully saturated rings. The van der Waals surface area contributed by atoms with E-state index >= 15 is 0 Å². The Kier molecular flexibility index (Phi) is 5.92. The zero-order valence-corrected chi connectivity index (χ0v) is 13.6. The number of carbonyl (C=O) groups excluding carboxylic acids is 2. The monoisotopic (exact) mass is 310 g/mol. The number of amides is 2. The van der Waals surface area contributed by atoms with E-state index in [1.54, 1.807) is 4.90 Å². The van der Waals surface area contributed by atoms with Crippen molar-refractivity contribution in [2.75, 3.05) is 11.9 Å². The lowest BCUT2D eigenvalue weighted by atomic mass is 10.2. The summed E-state index contributed by atoms with van der Waals surface area (Å²) in [6.07, 6.45) is -0.144. The Morgan fingerprint density at radius 2 is 1.65 bits per heavy atom. The number of hydrogen-bond acceptors (Lipinski definition) is 2. The van der Waals surface area contributed by atoms with Crippen molar-refractivity contribution in [2.24, 2.45) is 0 Å². The van der Waals surface area contributed by atoms with Gasteiger partial charge >= 0.3 is 0 Å². The van der Waals surface area contributed by atoms with E-state index in [1.165, 1.54) is 0 Å². The first-order valence-electron chi connectivity index (χ1n) is 7.77. The number of rotatable bonds is 6. The van der Waals surface area contributed by atoms with E-state index in [1.807, 2.05) is 68.4 Å². The third-order valence-electron chi connectivity index (χ3n) is 3.68. The average Bonchev–Trinajstić information content (AvgIpc) is 2.55. The predicted octanol–water partition coefficient (Wildman–Crippen LogP) is 3.37. The Morgan fingerprint density at radius 3 is 2.30 bits per heavy atom. The average molecular weight is 310 g/mol. The Bertz CT molecular complexity index is 668. The van der Waals surface area contributed by atoms with Gasteiger partial charge in [0, 0.05) is 18.8 Å². The van der Waals surface area contributed by atoms with Crippen LogP contribution >= 0.6 is 0 Å². The van der Waals surface area contributed by atoms with Gasteiger partial charge in [-0.2, -0.15) is 0 Å². The van der Waals surface area contributed by atoms with Crippen LogP contribution in [-0.2, 0) is 16.1 Å². The summed E-state index contributed by atoms with van der Waals surface area (Å²) in [5, 5.41) is 2.80. The van der Waals surface area contributed by atoms with Crippen molar-refractivity contribution in [3.05, 3.63) is 65.7 Å². The molecule has 4 heteroatoms. The summed E-state index contributed by atoms with van der Waals surface area (Å²) in [4.78, 5) is 26.1. The van der Waals surface area contributed by atoms with E-state index in [0.717, 1.165) is 16.8 Å². The first-order chi connectivity index (χ1) is 11.1. The molecule has 1 N–H and O–H groups in total. The number of nitrogens with one attached hydrogen (secondary N) is 1. The summed E-state index contributed by atoms with van der Waals surface area (Å²) in [7, 11) is 0. The maximum atomic E-state index is 12.3. The molecule has 2 amide bonds. The minimum Gasteiger partial charge on any atom is -0.338 e. The normalized spacial score (nSPS) is 10.2. The highest BCUT2D eigenvalue weighted by Crippen LogP contribution is 2.14. The molecule has 0 aliphatic rings. The van der Waals surface area contributed by atoms with Gasteiger partial charge in [-0.15, -0.1) is 0 Å². The highest BCUT2D eigenvalue weighted by atomic mass is 16.2. The zero-order valence-electron chi connectivity index (χ0n) is 13.6. The van der Waals surface area contributed by atoms with Gasteiger partial charge in [-0.05, 0) is 31.0 Å². The second-order valence-corrected chi connectivity index (χ2v) is 5.43. The summed E-state index contributed by atoms with van der Waals surface area (Å²) in [5.41, 5.74) is 2.78. The summed E-state index contributed by atoms with van der Waals surface area (Å²) in [6.45, 7) is 4.93. The van der Waals surface area contributed by atoms with Gasteiger partial charge in [0.2, 0.25) is 11.8 Å². The van der Waals surface area contributed by atoms with Crippen LogP contribution in [0, 0.1) is 6.92 Å². The van der Waals surface area contributed by atoms with Gasteiger partial charge in [-0.3, -0.25) is 9.59 Å². The van der Waals surface area contributed by atoms with Crippen LogP contribution in [0.25, 0.3) is 0 Å². The lowest BCUT2D eigenvalue weighted by Gasteiger charge is -2.21. The third-order valence-corrected chi connectivity index (χ3v) is 3.68. The van der Waals surface area contributed by atoms with E-state index in [4.69, 9.17) is 0 Å². The van der Waals surface area contributed by atoms with Crippen LogP contribution in [0.15, 0.2) is 54.6 Å². The van der Waals surface area contributed by atoms with E-state index in [2.05, 4.69) is 5.32 Å². The number of anilines is 1. The number of hydrogen-bond donors (Lipinski definition) is 1. The zero-order chi connectivity index (χ0) is 16.7. The predicted molar refractivity (Wildman–Crippen MR) is 92.0 cm³/mol. The Morgan fingerprint density at radius 1 is 1.00 bits per heavy atom. The first-order valence-corrected chi connectivity index (χ1v) is 7.77. The van der Waals surface area contributed by atoms with Gasteiger partial charge in [0.15, 0.2) is 0 Å². The van der Waals surface area contributed by atoms with Crippen LogP contribution in [0.5, 0.6) is 0 Å². The molecule has 0 heterocycles. The van der Waals surface area contributed by atoms with Crippen molar-refractivity contribution < 1.29 is 9.59 Å². The molecule has 0 atom stereocenters. The van der Waals surface area contributed by atoms with E-state index in [0.29, 0.717) is 13.1 Å². The molecule has 2 aromatic carbocycles. The number of nitrogens with zero attached hydrogens (tertiary/aromatic N) is 1. The van der Waals surface area contributed by atoms with Gasteiger partial charge in [-0.25, -0.2) is 0 Å². The lowest BCUT2D eigenvalue weighted by Crippen LogP contribution is -2.33. The maximum Gasteiger partial charge on any atom is 0.233 e. The van der Waals surface area contributed by atoms with Crippen LogP contribution in [-0.4, -0.2) is 23.3 Å². The van der Waals surface area contributed by atoms with E-state index < -0.39 is 0 Å². The van der Waals surface area contributed by atoms with Gasteiger partial charge in [0.05, 0.1) is 0 Å². The van der Waals surface area contributed by atoms with Crippen molar-refractivity contribution >= 4 is 17.5 Å². The van der Waals surface area contributed by atoms with Gasteiger partial charge in [0.25, 0.3) is 0 Å². The van der Waals surface area contributed by atoms with E-state index in [9.17, 15) is 9.59 Å². The molecular formula is C19H22N2O2. The molecule has 0 saturated carbocycles. The molecule has 2 rings (SSSR count). The first kappa shape index (κ1) is 16.7. The Labute approximate surface area is 137 Å². The number of carbonyl (C=O) groups is 2. The van der Waals surface area contributed by atoms with Crippen molar-refractivity contribution in [1.29, 1.82) is 0 Å². The van der Waals surface area contributed by atoms with Crippen LogP contribution in [0.2, 0.25) is 0 Å². The molecule has 0 aliphatic carbocycles. The fraction of sp³-hybridized carbons (Fsp3) is 0.263. The lowest BCUT2D eigenvalue weighted by molar-refractivity contribution is -0.134. The highest BCUT2D eigenvalue weighted by molar-refractivity contribution is 6.03. The molecule has 0 unspecified atom stereocenters. The Balaban J connectivity index is 1.94. The molecule has 0 saturated heterocycles. The molecule has 0 bridgehead atoms. The van der Waals surface area contributed by atoms with Crippen LogP contribution in [0.1, 0.15) is 24.5 Å². The van der Waals surface area contributed by atoms with Gasteiger partial charge < -0.3 is 10.2 Å². The fourth-order valence-electron chi connectivity index (χ4n) is 2.34. The van der Waals surface area contributed by atoms with E-state index in [-0.39, 0.29) is 18.2 Å². The summed E-state index contributed by atoms with van der Waals surface area (Å²) in [6, 6.07) is 17.3. The minimum atomic E-state index is -0.282. The van der Waals surface area contributed by atoms with Crippen molar-refractivity contribution in [3.8, 4) is 0 Å². The smallest absolute Gasteiger partial charge is 0.233 e. The quantitative estimate of drug-likeness (QED) is 0.832. The molecule has 0 aromatic heterocycles.